The first-order valence-electron chi connectivity index (χ1n) is 8.49. The van der Waals surface area contributed by atoms with Crippen LogP contribution in [0.15, 0.2) is 0 Å². The first-order valence-corrected chi connectivity index (χ1v) is 8.49. The van der Waals surface area contributed by atoms with Crippen molar-refractivity contribution in [3.63, 3.8) is 0 Å². The van der Waals surface area contributed by atoms with E-state index in [-0.39, 0.29) is 5.92 Å². The van der Waals surface area contributed by atoms with Gasteiger partial charge >= 0.3 is 0 Å². The van der Waals surface area contributed by atoms with Crippen LogP contribution < -0.4 is 0 Å². The average Bonchev–Trinajstić information content (AvgIpc) is 2.56. The number of ether oxygens (including phenoxy) is 2. The van der Waals surface area contributed by atoms with Crippen molar-refractivity contribution in [3.05, 3.63) is 0 Å². The highest BCUT2D eigenvalue weighted by Crippen LogP contribution is 2.23. The molecule has 0 aromatic carbocycles. The van der Waals surface area contributed by atoms with Crippen LogP contribution in [0.25, 0.3) is 0 Å². The van der Waals surface area contributed by atoms with E-state index in [2.05, 4.69) is 9.80 Å². The van der Waals surface area contributed by atoms with E-state index in [1.807, 2.05) is 0 Å². The maximum Gasteiger partial charge on any atom is 0.225 e. The van der Waals surface area contributed by atoms with E-state index in [1.54, 1.807) is 0 Å². The third-order valence-electron chi connectivity index (χ3n) is 5.02. The predicted molar refractivity (Wildman–Crippen MR) is 80.1 cm³/mol. The Kier molecular flexibility index (Phi) is 5.49. The molecule has 0 radical (unpaired) electrons. The van der Waals surface area contributed by atoms with E-state index in [4.69, 9.17) is 9.47 Å². The molecule has 0 aromatic rings. The molecule has 3 fully saturated rings. The maximum atomic E-state index is 12.6. The third kappa shape index (κ3) is 4.18. The number of carbonyl (C=O) groups is 1. The van der Waals surface area contributed by atoms with Gasteiger partial charge < -0.3 is 14.4 Å². The standard InChI is InChI=1S/C16H28N2O3/c19-16(15-3-8-20-9-4-15)18-5-1-2-14(13-18)12-17-6-10-21-11-7-17/h14-15H,1-13H2/t14-/m1/s1. The van der Waals surface area contributed by atoms with Crippen LogP contribution in [0.3, 0.4) is 0 Å². The van der Waals surface area contributed by atoms with Gasteiger partial charge in [0.15, 0.2) is 0 Å². The summed E-state index contributed by atoms with van der Waals surface area (Å²) in [5, 5.41) is 0. The Balaban J connectivity index is 1.48. The van der Waals surface area contributed by atoms with Gasteiger partial charge in [0, 0.05) is 51.9 Å². The molecule has 5 heteroatoms. The summed E-state index contributed by atoms with van der Waals surface area (Å²) in [6, 6.07) is 0. The van der Waals surface area contributed by atoms with Gasteiger partial charge in [0.25, 0.3) is 0 Å². The molecule has 3 saturated heterocycles. The predicted octanol–water partition coefficient (Wildman–Crippen LogP) is 0.984. The Hall–Kier alpha value is -0.650. The third-order valence-corrected chi connectivity index (χ3v) is 5.02. The van der Waals surface area contributed by atoms with Gasteiger partial charge in [-0.05, 0) is 31.6 Å². The molecule has 0 aromatic heterocycles. The highest BCUT2D eigenvalue weighted by atomic mass is 16.5. The van der Waals surface area contributed by atoms with Gasteiger partial charge in [-0.15, -0.1) is 0 Å². The Morgan fingerprint density at radius 2 is 1.67 bits per heavy atom. The number of hydrogen-bond acceptors (Lipinski definition) is 4. The Morgan fingerprint density at radius 3 is 2.43 bits per heavy atom. The maximum absolute atomic E-state index is 12.6. The van der Waals surface area contributed by atoms with E-state index in [9.17, 15) is 4.79 Å². The van der Waals surface area contributed by atoms with Crippen LogP contribution in [0.5, 0.6) is 0 Å². The smallest absolute Gasteiger partial charge is 0.225 e. The lowest BCUT2D eigenvalue weighted by Crippen LogP contribution is -2.48. The Bertz CT molecular complexity index is 338. The van der Waals surface area contributed by atoms with Crippen molar-refractivity contribution >= 4 is 5.91 Å². The minimum atomic E-state index is 0.209. The van der Waals surface area contributed by atoms with Crippen LogP contribution in [0.4, 0.5) is 0 Å². The lowest BCUT2D eigenvalue weighted by molar-refractivity contribution is -0.140. The van der Waals surface area contributed by atoms with E-state index in [0.717, 1.165) is 78.4 Å². The number of likely N-dealkylation sites (tertiary alicyclic amines) is 1. The summed E-state index contributed by atoms with van der Waals surface area (Å²) in [5.41, 5.74) is 0. The fourth-order valence-electron chi connectivity index (χ4n) is 3.77. The molecular weight excluding hydrogens is 268 g/mol. The van der Waals surface area contributed by atoms with Gasteiger partial charge in [-0.1, -0.05) is 0 Å². The van der Waals surface area contributed by atoms with Crippen molar-refractivity contribution in [3.8, 4) is 0 Å². The highest BCUT2D eigenvalue weighted by molar-refractivity contribution is 5.79. The summed E-state index contributed by atoms with van der Waals surface area (Å²) in [7, 11) is 0. The first kappa shape index (κ1) is 15.3. The number of amides is 1. The van der Waals surface area contributed by atoms with Crippen molar-refractivity contribution in [2.75, 3.05) is 59.2 Å². The molecule has 0 bridgehead atoms. The van der Waals surface area contributed by atoms with Crippen molar-refractivity contribution in [2.45, 2.75) is 25.7 Å². The summed E-state index contributed by atoms with van der Waals surface area (Å²) >= 11 is 0. The van der Waals surface area contributed by atoms with E-state index < -0.39 is 0 Å². The van der Waals surface area contributed by atoms with Crippen molar-refractivity contribution < 1.29 is 14.3 Å². The van der Waals surface area contributed by atoms with Crippen molar-refractivity contribution in [2.24, 2.45) is 11.8 Å². The fourth-order valence-corrected chi connectivity index (χ4v) is 3.77. The summed E-state index contributed by atoms with van der Waals surface area (Å²) in [6.45, 7) is 8.34. The number of carbonyl (C=O) groups excluding carboxylic acids is 1. The molecule has 1 atom stereocenters. The van der Waals surface area contributed by atoms with Crippen LogP contribution in [-0.4, -0.2) is 74.9 Å². The van der Waals surface area contributed by atoms with Gasteiger partial charge in [0.2, 0.25) is 5.91 Å². The monoisotopic (exact) mass is 296 g/mol. The second-order valence-corrected chi connectivity index (χ2v) is 6.59. The lowest BCUT2D eigenvalue weighted by Gasteiger charge is -2.38. The topological polar surface area (TPSA) is 42.0 Å². The quantitative estimate of drug-likeness (QED) is 0.779. The summed E-state index contributed by atoms with van der Waals surface area (Å²) in [4.78, 5) is 17.3. The second kappa shape index (κ2) is 7.56. The molecule has 3 heterocycles. The SMILES string of the molecule is O=C(C1CCOCC1)N1CCC[C@H](CN2CCOCC2)C1. The molecule has 0 saturated carbocycles. The molecule has 3 rings (SSSR count). The number of hydrogen-bond donors (Lipinski definition) is 0. The molecule has 21 heavy (non-hydrogen) atoms. The summed E-state index contributed by atoms with van der Waals surface area (Å²) < 4.78 is 10.8. The lowest BCUT2D eigenvalue weighted by atomic mass is 9.93. The summed E-state index contributed by atoms with van der Waals surface area (Å²) in [6.07, 6.45) is 4.23. The summed E-state index contributed by atoms with van der Waals surface area (Å²) in [5.74, 6) is 1.23. The molecule has 0 unspecified atom stereocenters. The van der Waals surface area contributed by atoms with E-state index in [0.29, 0.717) is 11.8 Å². The minimum absolute atomic E-state index is 0.209. The molecule has 3 aliphatic rings. The zero-order valence-corrected chi connectivity index (χ0v) is 13.0. The molecule has 120 valence electrons. The largest absolute Gasteiger partial charge is 0.381 e. The zero-order valence-electron chi connectivity index (χ0n) is 13.0. The molecule has 0 spiro atoms. The number of piperidine rings is 1. The molecule has 0 N–H and O–H groups in total. The molecule has 3 aliphatic heterocycles. The number of nitrogens with zero attached hydrogens (tertiary/aromatic N) is 2. The fraction of sp³-hybridized carbons (Fsp3) is 0.938. The minimum Gasteiger partial charge on any atom is -0.381 e. The van der Waals surface area contributed by atoms with Gasteiger partial charge in [-0.3, -0.25) is 9.69 Å². The molecule has 1 amide bonds. The highest BCUT2D eigenvalue weighted by Gasteiger charge is 2.30. The van der Waals surface area contributed by atoms with Crippen LogP contribution in [0, 0.1) is 11.8 Å². The van der Waals surface area contributed by atoms with Crippen molar-refractivity contribution in [1.82, 2.24) is 9.80 Å². The zero-order chi connectivity index (χ0) is 14.5. The van der Waals surface area contributed by atoms with E-state index >= 15 is 0 Å². The molecular formula is C16H28N2O3. The second-order valence-electron chi connectivity index (χ2n) is 6.59. The van der Waals surface area contributed by atoms with Gasteiger partial charge in [-0.25, -0.2) is 0 Å². The van der Waals surface area contributed by atoms with Crippen LogP contribution in [0.1, 0.15) is 25.7 Å². The number of rotatable bonds is 3. The molecule has 5 nitrogen and oxygen atoms in total. The first-order chi connectivity index (χ1) is 10.3. The molecule has 0 aliphatic carbocycles. The number of morpholine rings is 1. The van der Waals surface area contributed by atoms with Gasteiger partial charge in [-0.2, -0.15) is 0 Å². The van der Waals surface area contributed by atoms with Crippen LogP contribution in [-0.2, 0) is 14.3 Å². The van der Waals surface area contributed by atoms with Crippen LogP contribution in [0.2, 0.25) is 0 Å². The Labute approximate surface area is 127 Å². The Morgan fingerprint density at radius 1 is 0.952 bits per heavy atom. The van der Waals surface area contributed by atoms with Crippen molar-refractivity contribution in [1.29, 1.82) is 0 Å². The van der Waals surface area contributed by atoms with E-state index in [1.165, 1.54) is 6.42 Å². The van der Waals surface area contributed by atoms with Gasteiger partial charge in [0.1, 0.15) is 0 Å². The average molecular weight is 296 g/mol. The normalized spacial score (nSPS) is 29.5. The van der Waals surface area contributed by atoms with Gasteiger partial charge in [0.05, 0.1) is 13.2 Å². The van der Waals surface area contributed by atoms with Crippen LogP contribution >= 0.6 is 0 Å².